The number of likely N-dealkylation sites (tertiary alicyclic amines) is 1. The lowest BCUT2D eigenvalue weighted by molar-refractivity contribution is -0.0430. The van der Waals surface area contributed by atoms with Crippen molar-refractivity contribution in [2.45, 2.75) is 56.7 Å². The van der Waals surface area contributed by atoms with Crippen LogP contribution < -0.4 is 5.32 Å². The van der Waals surface area contributed by atoms with Gasteiger partial charge in [-0.2, -0.15) is 0 Å². The first-order valence-corrected chi connectivity index (χ1v) is 11.8. The lowest BCUT2D eigenvalue weighted by atomic mass is 9.89. The molecule has 2 fully saturated rings. The van der Waals surface area contributed by atoms with Gasteiger partial charge in [-0.15, -0.1) is 0 Å². The van der Waals surface area contributed by atoms with E-state index in [1.165, 1.54) is 30.4 Å². The largest absolute Gasteiger partial charge is 0.388 e. The SMILES string of the molecule is O=C(c1cccc(NC2CCC2)c1)N1CCC(O)(CN2CCc3ccccc3C2)CC1. The van der Waals surface area contributed by atoms with Crippen molar-refractivity contribution in [1.29, 1.82) is 0 Å². The van der Waals surface area contributed by atoms with Crippen LogP contribution in [0.2, 0.25) is 0 Å². The van der Waals surface area contributed by atoms with Crippen LogP contribution in [-0.4, -0.2) is 58.6 Å². The third-order valence-electron chi connectivity index (χ3n) is 7.29. The highest BCUT2D eigenvalue weighted by Gasteiger charge is 2.36. The summed E-state index contributed by atoms with van der Waals surface area (Å²) in [5, 5.41) is 14.8. The minimum Gasteiger partial charge on any atom is -0.388 e. The first-order valence-electron chi connectivity index (χ1n) is 11.8. The van der Waals surface area contributed by atoms with Gasteiger partial charge in [0.1, 0.15) is 0 Å². The van der Waals surface area contributed by atoms with Gasteiger partial charge in [0, 0.05) is 50.0 Å². The molecule has 164 valence electrons. The summed E-state index contributed by atoms with van der Waals surface area (Å²) < 4.78 is 0. The fraction of sp³-hybridized carbons (Fsp3) is 0.500. The van der Waals surface area contributed by atoms with Crippen LogP contribution in [0, 0.1) is 0 Å². The van der Waals surface area contributed by atoms with Crippen molar-refractivity contribution in [3.63, 3.8) is 0 Å². The lowest BCUT2D eigenvalue weighted by Gasteiger charge is -2.42. The van der Waals surface area contributed by atoms with Gasteiger partial charge in [0.05, 0.1) is 5.60 Å². The molecule has 0 aromatic heterocycles. The number of piperidine rings is 1. The Kier molecular flexibility index (Phi) is 5.72. The summed E-state index contributed by atoms with van der Waals surface area (Å²) in [4.78, 5) is 17.3. The second kappa shape index (κ2) is 8.64. The average Bonchev–Trinajstić information content (AvgIpc) is 2.76. The molecule has 0 spiro atoms. The van der Waals surface area contributed by atoms with Gasteiger partial charge < -0.3 is 15.3 Å². The van der Waals surface area contributed by atoms with Gasteiger partial charge in [0.2, 0.25) is 0 Å². The highest BCUT2D eigenvalue weighted by Crippen LogP contribution is 2.28. The number of nitrogens with zero attached hydrogens (tertiary/aromatic N) is 2. The topological polar surface area (TPSA) is 55.8 Å². The van der Waals surface area contributed by atoms with Gasteiger partial charge in [-0.25, -0.2) is 0 Å². The van der Waals surface area contributed by atoms with Crippen LogP contribution in [0.3, 0.4) is 0 Å². The Bertz CT molecular complexity index is 932. The Labute approximate surface area is 185 Å². The molecule has 0 atom stereocenters. The summed E-state index contributed by atoms with van der Waals surface area (Å²) in [7, 11) is 0. The molecule has 31 heavy (non-hydrogen) atoms. The molecule has 5 nitrogen and oxygen atoms in total. The molecule has 5 rings (SSSR count). The van der Waals surface area contributed by atoms with Crippen molar-refractivity contribution in [1.82, 2.24) is 9.80 Å². The fourth-order valence-electron chi connectivity index (χ4n) is 5.10. The van der Waals surface area contributed by atoms with Gasteiger partial charge in [0.25, 0.3) is 5.91 Å². The highest BCUT2D eigenvalue weighted by molar-refractivity contribution is 5.95. The molecule has 2 aromatic rings. The minimum atomic E-state index is -0.712. The zero-order valence-electron chi connectivity index (χ0n) is 18.2. The molecule has 2 heterocycles. The number of rotatable bonds is 5. The van der Waals surface area contributed by atoms with Crippen LogP contribution in [0.5, 0.6) is 0 Å². The standard InChI is InChI=1S/C26H33N3O2/c30-25(21-7-3-10-24(17-21)27-23-8-4-9-23)29-15-12-26(31,13-16-29)19-28-14-11-20-5-1-2-6-22(20)18-28/h1-3,5-7,10,17,23,27,31H,4,8-9,11-16,18-19H2. The van der Waals surface area contributed by atoms with Crippen molar-refractivity contribution < 1.29 is 9.90 Å². The predicted octanol–water partition coefficient (Wildman–Crippen LogP) is 3.68. The van der Waals surface area contributed by atoms with Gasteiger partial charge in [-0.05, 0) is 67.9 Å². The Morgan fingerprint density at radius 3 is 2.55 bits per heavy atom. The fourth-order valence-corrected chi connectivity index (χ4v) is 5.10. The van der Waals surface area contributed by atoms with Crippen LogP contribution in [0.25, 0.3) is 0 Å². The van der Waals surface area contributed by atoms with E-state index in [4.69, 9.17) is 0 Å². The second-order valence-electron chi connectivity index (χ2n) is 9.60. The van der Waals surface area contributed by atoms with E-state index >= 15 is 0 Å². The van der Waals surface area contributed by atoms with Crippen LogP contribution >= 0.6 is 0 Å². The maximum atomic E-state index is 13.1. The molecule has 1 aliphatic carbocycles. The molecule has 5 heteroatoms. The third-order valence-corrected chi connectivity index (χ3v) is 7.29. The third kappa shape index (κ3) is 4.63. The van der Waals surface area contributed by atoms with E-state index in [2.05, 4.69) is 34.5 Å². The van der Waals surface area contributed by atoms with E-state index in [-0.39, 0.29) is 5.91 Å². The van der Waals surface area contributed by atoms with Gasteiger partial charge in [-0.1, -0.05) is 30.3 Å². The number of benzene rings is 2. The lowest BCUT2D eigenvalue weighted by Crippen LogP contribution is -2.52. The number of anilines is 1. The molecule has 1 saturated heterocycles. The normalized spacial score (nSPS) is 21.3. The maximum Gasteiger partial charge on any atom is 0.253 e. The number of fused-ring (bicyclic) bond motifs is 1. The highest BCUT2D eigenvalue weighted by atomic mass is 16.3. The quantitative estimate of drug-likeness (QED) is 0.776. The molecule has 1 amide bonds. The predicted molar refractivity (Wildman–Crippen MR) is 123 cm³/mol. The second-order valence-corrected chi connectivity index (χ2v) is 9.60. The zero-order valence-corrected chi connectivity index (χ0v) is 18.2. The Hall–Kier alpha value is -2.37. The summed E-state index contributed by atoms with van der Waals surface area (Å²) >= 11 is 0. The maximum absolute atomic E-state index is 13.1. The van der Waals surface area contributed by atoms with E-state index in [0.29, 0.717) is 38.5 Å². The number of hydrogen-bond acceptors (Lipinski definition) is 4. The molecular weight excluding hydrogens is 386 g/mol. The summed E-state index contributed by atoms with van der Waals surface area (Å²) in [6.07, 6.45) is 6.03. The van der Waals surface area contributed by atoms with E-state index in [9.17, 15) is 9.90 Å². The molecule has 2 aromatic carbocycles. The van der Waals surface area contributed by atoms with Crippen molar-refractivity contribution in [2.24, 2.45) is 0 Å². The monoisotopic (exact) mass is 419 g/mol. The summed E-state index contributed by atoms with van der Waals surface area (Å²) in [6, 6.07) is 17.0. The Morgan fingerprint density at radius 1 is 1.03 bits per heavy atom. The molecule has 1 saturated carbocycles. The van der Waals surface area contributed by atoms with Crippen LogP contribution in [0.4, 0.5) is 5.69 Å². The molecular formula is C26H33N3O2. The summed E-state index contributed by atoms with van der Waals surface area (Å²) in [5.74, 6) is 0.0752. The first-order chi connectivity index (χ1) is 15.1. The molecule has 0 radical (unpaired) electrons. The van der Waals surface area contributed by atoms with Gasteiger partial charge in [-0.3, -0.25) is 9.69 Å². The Morgan fingerprint density at radius 2 is 1.81 bits per heavy atom. The smallest absolute Gasteiger partial charge is 0.253 e. The van der Waals surface area contributed by atoms with E-state index in [1.54, 1.807) is 0 Å². The molecule has 3 aliphatic rings. The van der Waals surface area contributed by atoms with Crippen molar-refractivity contribution in [3.05, 3.63) is 65.2 Å². The van der Waals surface area contributed by atoms with E-state index < -0.39 is 5.60 Å². The zero-order chi connectivity index (χ0) is 21.3. The number of hydrogen-bond donors (Lipinski definition) is 2. The number of carbonyl (C=O) groups excluding carboxylic acids is 1. The van der Waals surface area contributed by atoms with Crippen LogP contribution in [0.15, 0.2) is 48.5 Å². The molecule has 2 aliphatic heterocycles. The summed E-state index contributed by atoms with van der Waals surface area (Å²) in [5.41, 5.74) is 3.87. The average molecular weight is 420 g/mol. The number of carbonyl (C=O) groups is 1. The molecule has 2 N–H and O–H groups in total. The van der Waals surface area contributed by atoms with E-state index in [1.807, 2.05) is 29.2 Å². The number of amides is 1. The van der Waals surface area contributed by atoms with E-state index in [0.717, 1.165) is 30.8 Å². The van der Waals surface area contributed by atoms with Crippen molar-refractivity contribution in [3.8, 4) is 0 Å². The number of β-amino-alcohol motifs (C(OH)–C–C–N with tert-alkyl or cyclic N) is 1. The molecule has 0 bridgehead atoms. The van der Waals surface area contributed by atoms with Crippen molar-refractivity contribution in [2.75, 3.05) is 31.5 Å². The number of nitrogens with one attached hydrogen (secondary N) is 1. The molecule has 0 unspecified atom stereocenters. The van der Waals surface area contributed by atoms with Gasteiger partial charge >= 0.3 is 0 Å². The van der Waals surface area contributed by atoms with Crippen molar-refractivity contribution >= 4 is 11.6 Å². The van der Waals surface area contributed by atoms with Crippen LogP contribution in [-0.2, 0) is 13.0 Å². The number of aliphatic hydroxyl groups is 1. The first kappa shape index (κ1) is 20.5. The summed E-state index contributed by atoms with van der Waals surface area (Å²) in [6.45, 7) is 3.80. The Balaban J connectivity index is 1.16. The van der Waals surface area contributed by atoms with Gasteiger partial charge in [0.15, 0.2) is 0 Å². The van der Waals surface area contributed by atoms with Crippen LogP contribution in [0.1, 0.15) is 53.6 Å². The minimum absolute atomic E-state index is 0.0752.